The largest absolute Gasteiger partial charge is 0.496 e. The topological polar surface area (TPSA) is 101 Å². The van der Waals surface area contributed by atoms with Crippen LogP contribution in [0.5, 0.6) is 5.75 Å². The molecule has 0 aliphatic carbocycles. The van der Waals surface area contributed by atoms with E-state index in [2.05, 4.69) is 11.1 Å². The molecule has 2 aliphatic rings. The number of rotatable bonds is 4. The van der Waals surface area contributed by atoms with Crippen LogP contribution in [-0.4, -0.2) is 29.8 Å². The van der Waals surface area contributed by atoms with Crippen LogP contribution in [0.3, 0.4) is 0 Å². The maximum absolute atomic E-state index is 13.0. The summed E-state index contributed by atoms with van der Waals surface area (Å²) in [6.07, 6.45) is 0. The van der Waals surface area contributed by atoms with Crippen molar-refractivity contribution in [2.45, 2.75) is 19.9 Å². The van der Waals surface area contributed by atoms with Crippen LogP contribution in [0.25, 0.3) is 10.8 Å². The number of ether oxygens (including phenoxy) is 2. The summed E-state index contributed by atoms with van der Waals surface area (Å²) in [7, 11) is 1.59. The molecule has 0 saturated carbocycles. The van der Waals surface area contributed by atoms with Gasteiger partial charge in [-0.05, 0) is 42.4 Å². The summed E-state index contributed by atoms with van der Waals surface area (Å²) < 4.78 is 11.1. The van der Waals surface area contributed by atoms with Crippen LogP contribution in [0, 0.1) is 11.3 Å². The van der Waals surface area contributed by atoms with Gasteiger partial charge in [-0.3, -0.25) is 4.90 Å². The highest BCUT2D eigenvalue weighted by Gasteiger charge is 2.44. The molecule has 2 heterocycles. The molecule has 8 heteroatoms. The summed E-state index contributed by atoms with van der Waals surface area (Å²) in [5, 5.41) is 12.0. The monoisotopic (exact) mass is 420 g/mol. The Morgan fingerprint density at radius 1 is 1.33 bits per heavy atom. The van der Waals surface area contributed by atoms with Crippen molar-refractivity contribution in [2.24, 2.45) is 10.7 Å². The molecule has 7 nitrogen and oxygen atoms in total. The maximum Gasteiger partial charge on any atom is 0.338 e. The average molecular weight is 420 g/mol. The molecule has 0 fully saturated rings. The van der Waals surface area contributed by atoms with Crippen molar-refractivity contribution in [3.05, 3.63) is 64.0 Å². The lowest BCUT2D eigenvalue weighted by Gasteiger charge is -2.36. The molecular formula is C22H20N4O3S. The van der Waals surface area contributed by atoms with Gasteiger partial charge < -0.3 is 15.2 Å². The van der Waals surface area contributed by atoms with E-state index in [0.29, 0.717) is 27.1 Å². The van der Waals surface area contributed by atoms with Gasteiger partial charge in [-0.1, -0.05) is 30.3 Å². The summed E-state index contributed by atoms with van der Waals surface area (Å²) in [6.45, 7) is 3.75. The van der Waals surface area contributed by atoms with Gasteiger partial charge >= 0.3 is 5.97 Å². The number of nitrogens with zero attached hydrogens (tertiary/aromatic N) is 3. The van der Waals surface area contributed by atoms with Crippen LogP contribution in [-0.2, 0) is 9.53 Å². The number of nitrogens with two attached hydrogens (primary N) is 1. The molecule has 30 heavy (non-hydrogen) atoms. The van der Waals surface area contributed by atoms with Gasteiger partial charge in [-0.2, -0.15) is 5.26 Å². The number of carbonyl (C=O) groups is 1. The van der Waals surface area contributed by atoms with E-state index in [-0.39, 0.29) is 12.4 Å². The summed E-state index contributed by atoms with van der Waals surface area (Å²) in [5.41, 5.74) is 8.03. The van der Waals surface area contributed by atoms with Gasteiger partial charge in [-0.15, -0.1) is 0 Å². The maximum atomic E-state index is 13.0. The Hall–Kier alpha value is -3.44. The lowest BCUT2D eigenvalue weighted by atomic mass is 9.89. The highest BCUT2D eigenvalue weighted by molar-refractivity contribution is 8.17. The minimum Gasteiger partial charge on any atom is -0.496 e. The lowest BCUT2D eigenvalue weighted by Crippen LogP contribution is -2.39. The predicted molar refractivity (Wildman–Crippen MR) is 116 cm³/mol. The van der Waals surface area contributed by atoms with Gasteiger partial charge in [0.1, 0.15) is 28.6 Å². The number of esters is 1. The Morgan fingerprint density at radius 3 is 2.80 bits per heavy atom. The third kappa shape index (κ3) is 2.99. The van der Waals surface area contributed by atoms with Crippen LogP contribution >= 0.6 is 11.8 Å². The summed E-state index contributed by atoms with van der Waals surface area (Å²) >= 11 is 1.19. The zero-order valence-electron chi connectivity index (χ0n) is 16.8. The van der Waals surface area contributed by atoms with E-state index in [4.69, 9.17) is 15.2 Å². The molecule has 2 aromatic rings. The Labute approximate surface area is 178 Å². The second-order valence-electron chi connectivity index (χ2n) is 6.72. The number of hydrogen-bond acceptors (Lipinski definition) is 8. The van der Waals surface area contributed by atoms with Gasteiger partial charge in [0.2, 0.25) is 0 Å². The standard InChI is InChI=1S/C22H20N4O3S/c1-4-29-21(27)17-12(2)25-22-26(20(24)16(11-23)30-22)19(17)18-14-8-6-5-7-13(14)9-10-15(18)28-3/h5-10,19H,4,24H2,1-3H3/t19-/m1/s1. The first kappa shape index (κ1) is 19.9. The highest BCUT2D eigenvalue weighted by atomic mass is 32.2. The molecule has 0 aromatic heterocycles. The fourth-order valence-corrected chi connectivity index (χ4v) is 4.74. The Balaban J connectivity index is 2.05. The van der Waals surface area contributed by atoms with E-state index in [9.17, 15) is 10.1 Å². The number of thioether (sulfide) groups is 1. The van der Waals surface area contributed by atoms with Crippen molar-refractivity contribution >= 4 is 33.7 Å². The number of nitriles is 1. The summed E-state index contributed by atoms with van der Waals surface area (Å²) in [4.78, 5) is 19.7. The zero-order chi connectivity index (χ0) is 21.4. The van der Waals surface area contributed by atoms with Crippen LogP contribution in [0.1, 0.15) is 25.5 Å². The van der Waals surface area contributed by atoms with E-state index < -0.39 is 12.0 Å². The molecule has 0 saturated heterocycles. The number of carbonyl (C=O) groups excluding carboxylic acids is 1. The molecular weight excluding hydrogens is 400 g/mol. The van der Waals surface area contributed by atoms with Crippen LogP contribution in [0.15, 0.2) is 63.4 Å². The molecule has 0 amide bonds. The number of allylic oxidation sites excluding steroid dienone is 2. The molecule has 0 radical (unpaired) electrons. The predicted octanol–water partition coefficient (Wildman–Crippen LogP) is 3.80. The Kier molecular flexibility index (Phi) is 5.14. The normalized spacial score (nSPS) is 18.3. The van der Waals surface area contributed by atoms with Gasteiger partial charge in [0.05, 0.1) is 25.0 Å². The van der Waals surface area contributed by atoms with Crippen LogP contribution < -0.4 is 10.5 Å². The first-order chi connectivity index (χ1) is 14.5. The molecule has 0 bridgehead atoms. The molecule has 2 aromatic carbocycles. The van der Waals surface area contributed by atoms with Crippen molar-refractivity contribution in [1.29, 1.82) is 5.26 Å². The van der Waals surface area contributed by atoms with Crippen molar-refractivity contribution in [3.8, 4) is 11.8 Å². The zero-order valence-corrected chi connectivity index (χ0v) is 17.6. The average Bonchev–Trinajstić information content (AvgIpc) is 3.07. The van der Waals surface area contributed by atoms with Gasteiger partial charge in [0.25, 0.3) is 0 Å². The van der Waals surface area contributed by atoms with Crippen molar-refractivity contribution in [1.82, 2.24) is 4.90 Å². The van der Waals surface area contributed by atoms with Crippen molar-refractivity contribution in [3.63, 3.8) is 0 Å². The number of methoxy groups -OCH3 is 1. The number of fused-ring (bicyclic) bond motifs is 2. The second-order valence-corrected chi connectivity index (χ2v) is 7.69. The first-order valence-corrected chi connectivity index (χ1v) is 10.2. The van der Waals surface area contributed by atoms with Crippen molar-refractivity contribution < 1.29 is 14.3 Å². The van der Waals surface area contributed by atoms with Crippen LogP contribution in [0.2, 0.25) is 0 Å². The Bertz CT molecular complexity index is 1190. The minimum atomic E-state index is -0.643. The van der Waals surface area contributed by atoms with Crippen LogP contribution in [0.4, 0.5) is 0 Å². The third-order valence-electron chi connectivity index (χ3n) is 5.10. The second kappa shape index (κ2) is 7.76. The molecule has 2 aliphatic heterocycles. The molecule has 0 spiro atoms. The molecule has 4 rings (SSSR count). The molecule has 152 valence electrons. The third-order valence-corrected chi connectivity index (χ3v) is 6.07. The molecule has 2 N–H and O–H groups in total. The molecule has 1 atom stereocenters. The number of benzene rings is 2. The highest BCUT2D eigenvalue weighted by Crippen LogP contribution is 2.49. The van der Waals surface area contributed by atoms with E-state index in [1.54, 1.807) is 25.9 Å². The SMILES string of the molecule is CCOC(=O)C1=C(C)N=C2SC(C#N)=C(N)N2[C@H]1c1c(OC)ccc2ccccc12. The first-order valence-electron chi connectivity index (χ1n) is 9.40. The Morgan fingerprint density at radius 2 is 2.10 bits per heavy atom. The number of amidine groups is 1. The van der Waals surface area contributed by atoms with Crippen molar-refractivity contribution in [2.75, 3.05) is 13.7 Å². The van der Waals surface area contributed by atoms with Gasteiger partial charge in [-0.25, -0.2) is 9.79 Å². The summed E-state index contributed by atoms with van der Waals surface area (Å²) in [6, 6.07) is 13.2. The van der Waals surface area contributed by atoms with E-state index in [0.717, 1.165) is 16.3 Å². The van der Waals surface area contributed by atoms with E-state index in [1.807, 2.05) is 36.4 Å². The van der Waals surface area contributed by atoms with Gasteiger partial charge in [0.15, 0.2) is 5.17 Å². The minimum absolute atomic E-state index is 0.231. The van der Waals surface area contributed by atoms with E-state index in [1.165, 1.54) is 11.8 Å². The smallest absolute Gasteiger partial charge is 0.338 e. The molecule has 0 unspecified atom stereocenters. The van der Waals surface area contributed by atoms with E-state index >= 15 is 0 Å². The fourth-order valence-electron chi connectivity index (χ4n) is 3.82. The quantitative estimate of drug-likeness (QED) is 0.751. The summed E-state index contributed by atoms with van der Waals surface area (Å²) in [5.74, 6) is 0.397. The lowest BCUT2D eigenvalue weighted by molar-refractivity contribution is -0.139. The number of hydrogen-bond donors (Lipinski definition) is 1. The fraction of sp³-hybridized carbons (Fsp3) is 0.227. The van der Waals surface area contributed by atoms with Gasteiger partial charge in [0, 0.05) is 5.56 Å². The number of aliphatic imine (C=N–C) groups is 1.